The molecule has 1 aromatic heterocycles. The Morgan fingerprint density at radius 1 is 0.333 bits per heavy atom. The van der Waals surface area contributed by atoms with Crippen molar-refractivity contribution < 1.29 is 35.9 Å². The van der Waals surface area contributed by atoms with Gasteiger partial charge in [0.15, 0.2) is 0 Å². The highest BCUT2D eigenvalue weighted by atomic mass is 16.3. The van der Waals surface area contributed by atoms with Crippen LogP contribution >= 0.6 is 0 Å². The van der Waals surface area contributed by atoms with Gasteiger partial charge >= 0.3 is 0 Å². The summed E-state index contributed by atoms with van der Waals surface area (Å²) in [6.07, 6.45) is 0. The second-order valence-corrected chi connectivity index (χ2v) is 10.6. The van der Waals surface area contributed by atoms with E-state index >= 15 is 0 Å². The van der Waals surface area contributed by atoms with E-state index in [4.69, 9.17) is 27.7 Å². The third-order valence-corrected chi connectivity index (χ3v) is 8.11. The standard InChI is InChI=1S/C44H24O/c1-3-25-7-11-31-19-35(20-32-12-8-26(4-1)41(25)43(31)32)29-15-17-39-37(23-29)38-24-30(16-18-40(38)45-39)36-21-33-13-9-27-5-2-6-28-10-14-34(22-36)44(33)42(27)28/h1-24H/i1D,2D,3D,4D,5D,6D,7D,8D,9D,10D,11D,12D,13D,14D,15D,16D,17D,18D,19D,20D,21D,23D,24D. The van der Waals surface area contributed by atoms with Crippen molar-refractivity contribution in [3.63, 3.8) is 0 Å². The summed E-state index contributed by atoms with van der Waals surface area (Å²) in [7, 11) is 0. The van der Waals surface area contributed by atoms with Gasteiger partial charge in [0.2, 0.25) is 0 Å². The van der Waals surface area contributed by atoms with Crippen LogP contribution in [0.5, 0.6) is 0 Å². The maximum absolute atomic E-state index is 9.64. The molecule has 0 spiro atoms. The summed E-state index contributed by atoms with van der Waals surface area (Å²) >= 11 is 0. The van der Waals surface area contributed by atoms with E-state index < -0.39 is 188 Å². The zero-order valence-corrected chi connectivity index (χ0v) is 22.5. The Labute approximate surface area is 290 Å². The molecule has 0 saturated heterocycles. The van der Waals surface area contributed by atoms with Crippen molar-refractivity contribution >= 4 is 86.6 Å². The van der Waals surface area contributed by atoms with Gasteiger partial charge in [-0.2, -0.15) is 0 Å². The van der Waals surface area contributed by atoms with E-state index in [0.29, 0.717) is 0 Å². The first kappa shape index (κ1) is 10.9. The molecule has 0 aliphatic carbocycles. The molecule has 11 aromatic rings. The lowest BCUT2D eigenvalue weighted by Crippen LogP contribution is -1.86. The first-order valence-electron chi connectivity index (χ1n) is 25.2. The topological polar surface area (TPSA) is 13.1 Å². The number of fused-ring (bicyclic) bond motifs is 3. The lowest BCUT2D eigenvalue weighted by molar-refractivity contribution is 0.669. The first-order valence-corrected chi connectivity index (χ1v) is 13.7. The molecule has 0 saturated carbocycles. The van der Waals surface area contributed by atoms with Crippen molar-refractivity contribution in [2.24, 2.45) is 0 Å². The monoisotopic (exact) mass is 591 g/mol. The Balaban J connectivity index is 1.28. The minimum atomic E-state index is -0.815. The van der Waals surface area contributed by atoms with Crippen LogP contribution in [0.3, 0.4) is 0 Å². The van der Waals surface area contributed by atoms with Crippen molar-refractivity contribution in [3.05, 3.63) is 145 Å². The molecular formula is C44H24O. The molecule has 1 heterocycles. The average molecular weight is 592 g/mol. The van der Waals surface area contributed by atoms with Crippen LogP contribution in [0.2, 0.25) is 0 Å². The zero-order valence-electron chi connectivity index (χ0n) is 45.5. The molecule has 11 rings (SSSR count). The number of hydrogen-bond donors (Lipinski definition) is 0. The summed E-state index contributed by atoms with van der Waals surface area (Å²) in [4.78, 5) is 0. The number of furan rings is 1. The van der Waals surface area contributed by atoms with Gasteiger partial charge in [-0.15, -0.1) is 0 Å². The van der Waals surface area contributed by atoms with Crippen LogP contribution in [0.15, 0.2) is 149 Å². The molecule has 45 heavy (non-hydrogen) atoms. The normalized spacial score (nSPS) is 19.6. The third-order valence-electron chi connectivity index (χ3n) is 8.11. The predicted molar refractivity (Wildman–Crippen MR) is 192 cm³/mol. The third kappa shape index (κ3) is 3.22. The molecule has 0 atom stereocenters. The van der Waals surface area contributed by atoms with E-state index in [1.807, 2.05) is 0 Å². The Bertz CT molecular complexity index is 4170. The van der Waals surface area contributed by atoms with Gasteiger partial charge in [0.25, 0.3) is 0 Å². The molecule has 0 aliphatic heterocycles. The average Bonchev–Trinajstić information content (AvgIpc) is 3.71. The molecule has 1 heteroatoms. The van der Waals surface area contributed by atoms with Crippen LogP contribution < -0.4 is 0 Å². The van der Waals surface area contributed by atoms with Crippen LogP contribution in [0.1, 0.15) is 31.5 Å². The molecule has 0 fully saturated rings. The van der Waals surface area contributed by atoms with Gasteiger partial charge in [0, 0.05) is 10.8 Å². The lowest BCUT2D eigenvalue weighted by atomic mass is 9.90. The molecule has 206 valence electrons. The van der Waals surface area contributed by atoms with E-state index in [0.717, 1.165) is 0 Å². The summed E-state index contributed by atoms with van der Waals surface area (Å²) in [6.45, 7) is 0. The highest BCUT2D eigenvalue weighted by Gasteiger charge is 2.15. The molecule has 0 N–H and O–H groups in total. The van der Waals surface area contributed by atoms with E-state index in [1.165, 1.54) is 6.07 Å². The van der Waals surface area contributed by atoms with Gasteiger partial charge in [-0.1, -0.05) is 96.7 Å². The van der Waals surface area contributed by atoms with Crippen molar-refractivity contribution in [1.82, 2.24) is 0 Å². The van der Waals surface area contributed by atoms with Gasteiger partial charge in [-0.3, -0.25) is 0 Å². The van der Waals surface area contributed by atoms with Gasteiger partial charge in [0.05, 0.1) is 31.5 Å². The number of hydrogen-bond acceptors (Lipinski definition) is 1. The molecular weight excluding hydrogens is 544 g/mol. The molecule has 1 nitrogen and oxygen atoms in total. The van der Waals surface area contributed by atoms with Crippen LogP contribution in [-0.4, -0.2) is 0 Å². The largest absolute Gasteiger partial charge is 0.456 e. The van der Waals surface area contributed by atoms with Crippen molar-refractivity contribution in [2.45, 2.75) is 0 Å². The Hall–Kier alpha value is -5.92. The number of benzene rings is 10. The van der Waals surface area contributed by atoms with Crippen molar-refractivity contribution in [2.75, 3.05) is 0 Å². The Morgan fingerprint density at radius 2 is 0.733 bits per heavy atom. The minimum Gasteiger partial charge on any atom is -0.456 e. The summed E-state index contributed by atoms with van der Waals surface area (Å²) < 4.78 is 213. The maximum atomic E-state index is 9.64. The van der Waals surface area contributed by atoms with Gasteiger partial charge < -0.3 is 4.42 Å². The quantitative estimate of drug-likeness (QED) is 0.182. The molecule has 0 radical (unpaired) electrons. The van der Waals surface area contributed by atoms with Crippen molar-refractivity contribution in [1.29, 1.82) is 0 Å². The summed E-state index contributed by atoms with van der Waals surface area (Å²) in [5.74, 6) is 0. The number of rotatable bonds is 2. The molecule has 0 unspecified atom stereocenters. The van der Waals surface area contributed by atoms with Crippen LogP contribution in [-0.2, 0) is 0 Å². The second-order valence-electron chi connectivity index (χ2n) is 10.6. The molecule has 10 aromatic carbocycles. The second kappa shape index (κ2) is 8.37. The fourth-order valence-corrected chi connectivity index (χ4v) is 6.11. The SMILES string of the molecule is [2H]c1c(-c2cc3c([2H])c([2H])c4c([2H])c([2H])c([2H])c5c([2H])c([2H])c(c2[2H])c3c45)c([2H])c2c(oc3c([2H])c([2H])c(-c4c([2H])c5c([2H])c([2H])c6c([2H])c([2H])c([2H])c7c([2H])c([2H])c(c4[2H])c5c67)c([2H])c32)c1[2H]. The zero-order chi connectivity index (χ0) is 49.2. The minimum absolute atomic E-state index is 0.0410. The summed E-state index contributed by atoms with van der Waals surface area (Å²) in [6, 6.07) is -14.1. The molecule has 0 amide bonds. The van der Waals surface area contributed by atoms with E-state index in [1.54, 1.807) is 0 Å². The van der Waals surface area contributed by atoms with Crippen LogP contribution in [0.25, 0.3) is 109 Å². The summed E-state index contributed by atoms with van der Waals surface area (Å²) in [5, 5.41) is -3.65. The van der Waals surface area contributed by atoms with E-state index in [2.05, 4.69) is 0 Å². The van der Waals surface area contributed by atoms with Gasteiger partial charge in [-0.25, -0.2) is 0 Å². The Kier molecular flexibility index (Phi) is 2.03. The first-order chi connectivity index (χ1) is 31.9. The van der Waals surface area contributed by atoms with Crippen LogP contribution in [0.4, 0.5) is 0 Å². The van der Waals surface area contributed by atoms with Crippen LogP contribution in [0, 0.1) is 0 Å². The highest BCUT2D eigenvalue weighted by Crippen LogP contribution is 2.41. The van der Waals surface area contributed by atoms with Gasteiger partial charge in [0.1, 0.15) is 11.2 Å². The maximum Gasteiger partial charge on any atom is 0.135 e. The van der Waals surface area contributed by atoms with E-state index in [9.17, 15) is 8.22 Å². The summed E-state index contributed by atoms with van der Waals surface area (Å²) in [5.41, 5.74) is -3.08. The highest BCUT2D eigenvalue weighted by molar-refractivity contribution is 6.25. The molecule has 0 aliphatic rings. The molecule has 0 bridgehead atoms. The van der Waals surface area contributed by atoms with Gasteiger partial charge in [-0.05, 0) is 135 Å². The lowest BCUT2D eigenvalue weighted by Gasteiger charge is -2.13. The smallest absolute Gasteiger partial charge is 0.135 e. The van der Waals surface area contributed by atoms with Crippen molar-refractivity contribution in [3.8, 4) is 22.3 Å². The predicted octanol–water partition coefficient (Wildman–Crippen LogP) is 12.7. The fraction of sp³-hybridized carbons (Fsp3) is 0. The Morgan fingerprint density at radius 3 is 1.27 bits per heavy atom. The van der Waals surface area contributed by atoms with E-state index in [-0.39, 0.29) is 59.4 Å². The fourth-order valence-electron chi connectivity index (χ4n) is 6.11.